The highest BCUT2D eigenvalue weighted by Gasteiger charge is 2.19. The summed E-state index contributed by atoms with van der Waals surface area (Å²) in [5, 5.41) is 11.2. The molecule has 0 aromatic heterocycles. The van der Waals surface area contributed by atoms with Gasteiger partial charge in [0, 0.05) is 5.54 Å². The summed E-state index contributed by atoms with van der Waals surface area (Å²) in [5.74, 6) is -0.527. The van der Waals surface area contributed by atoms with Gasteiger partial charge in [0.25, 0.3) is 0 Å². The van der Waals surface area contributed by atoms with Gasteiger partial charge in [-0.15, -0.1) is 0 Å². The first kappa shape index (κ1) is 14.2. The molecule has 1 aromatic rings. The molecule has 0 aliphatic heterocycles. The second-order valence-corrected chi connectivity index (χ2v) is 4.90. The molecule has 18 heavy (non-hydrogen) atoms. The maximum atomic E-state index is 13.0. The van der Waals surface area contributed by atoms with Gasteiger partial charge in [-0.05, 0) is 44.4 Å². The highest BCUT2D eigenvalue weighted by molar-refractivity contribution is 5.78. The standard InChI is InChI=1S/C14H17FN2O/c1-14(2,17-13(18)7-9-16)8-6-11-4-3-5-12(15)10-11/h3-5,10H,6-8H2,1-2H3,(H,17,18). The molecule has 1 amide bonds. The van der Waals surface area contributed by atoms with Crippen molar-refractivity contribution in [3.8, 4) is 6.07 Å². The van der Waals surface area contributed by atoms with Crippen LogP contribution in [0.4, 0.5) is 4.39 Å². The zero-order chi connectivity index (χ0) is 13.6. The Balaban J connectivity index is 2.51. The predicted octanol–water partition coefficient (Wildman–Crippen LogP) is 2.57. The van der Waals surface area contributed by atoms with Crippen molar-refractivity contribution < 1.29 is 9.18 Å². The molecule has 1 rings (SSSR count). The number of benzene rings is 1. The van der Waals surface area contributed by atoms with E-state index in [0.717, 1.165) is 5.56 Å². The number of carbonyl (C=O) groups is 1. The maximum Gasteiger partial charge on any atom is 0.234 e. The molecule has 1 N–H and O–H groups in total. The van der Waals surface area contributed by atoms with Gasteiger partial charge in [-0.1, -0.05) is 12.1 Å². The largest absolute Gasteiger partial charge is 0.350 e. The van der Waals surface area contributed by atoms with Crippen LogP contribution in [0.15, 0.2) is 24.3 Å². The SMILES string of the molecule is CC(C)(CCc1cccc(F)c1)NC(=O)CC#N. The van der Waals surface area contributed by atoms with Crippen LogP contribution in [0.1, 0.15) is 32.3 Å². The van der Waals surface area contributed by atoms with Gasteiger partial charge in [-0.2, -0.15) is 5.26 Å². The number of nitrogens with one attached hydrogen (secondary N) is 1. The van der Waals surface area contributed by atoms with Crippen molar-refractivity contribution in [3.63, 3.8) is 0 Å². The van der Waals surface area contributed by atoms with Gasteiger partial charge in [0.2, 0.25) is 5.91 Å². The summed E-state index contributed by atoms with van der Waals surface area (Å²) in [5.41, 5.74) is 0.498. The fourth-order valence-electron chi connectivity index (χ4n) is 1.71. The molecule has 0 atom stereocenters. The summed E-state index contributed by atoms with van der Waals surface area (Å²) in [4.78, 5) is 11.3. The van der Waals surface area contributed by atoms with Crippen molar-refractivity contribution in [2.24, 2.45) is 0 Å². The Bertz CT molecular complexity index is 463. The van der Waals surface area contributed by atoms with E-state index in [1.165, 1.54) is 12.1 Å². The van der Waals surface area contributed by atoms with Gasteiger partial charge >= 0.3 is 0 Å². The van der Waals surface area contributed by atoms with E-state index in [4.69, 9.17) is 5.26 Å². The smallest absolute Gasteiger partial charge is 0.234 e. The second-order valence-electron chi connectivity index (χ2n) is 4.90. The molecule has 0 saturated heterocycles. The van der Waals surface area contributed by atoms with Gasteiger partial charge in [0.15, 0.2) is 0 Å². The molecule has 0 radical (unpaired) electrons. The zero-order valence-electron chi connectivity index (χ0n) is 10.7. The maximum absolute atomic E-state index is 13.0. The number of aryl methyl sites for hydroxylation is 1. The number of amides is 1. The summed E-state index contributed by atoms with van der Waals surface area (Å²) in [6.07, 6.45) is 1.23. The summed E-state index contributed by atoms with van der Waals surface area (Å²) < 4.78 is 13.0. The van der Waals surface area contributed by atoms with Crippen LogP contribution in [0.25, 0.3) is 0 Å². The van der Waals surface area contributed by atoms with Crippen LogP contribution in [0.2, 0.25) is 0 Å². The van der Waals surface area contributed by atoms with Crippen LogP contribution in [-0.2, 0) is 11.2 Å². The number of rotatable bonds is 5. The number of hydrogen-bond acceptors (Lipinski definition) is 2. The molecular weight excluding hydrogens is 231 g/mol. The normalized spacial score (nSPS) is 10.8. The van der Waals surface area contributed by atoms with Crippen molar-refractivity contribution in [2.45, 2.75) is 38.6 Å². The predicted molar refractivity (Wildman–Crippen MR) is 67.2 cm³/mol. The Kier molecular flexibility index (Phi) is 4.85. The third kappa shape index (κ3) is 4.96. The van der Waals surface area contributed by atoms with Gasteiger partial charge in [0.05, 0.1) is 6.07 Å². The van der Waals surface area contributed by atoms with Crippen molar-refractivity contribution >= 4 is 5.91 Å². The molecular formula is C14H17FN2O. The molecule has 0 spiro atoms. The monoisotopic (exact) mass is 248 g/mol. The minimum absolute atomic E-state index is 0.136. The summed E-state index contributed by atoms with van der Waals surface area (Å²) in [6, 6.07) is 8.24. The Labute approximate surface area is 107 Å². The minimum Gasteiger partial charge on any atom is -0.350 e. The van der Waals surface area contributed by atoms with E-state index in [1.54, 1.807) is 6.07 Å². The fourth-order valence-corrected chi connectivity index (χ4v) is 1.71. The molecule has 0 aliphatic carbocycles. The summed E-state index contributed by atoms with van der Waals surface area (Å²) in [7, 11) is 0. The molecule has 3 nitrogen and oxygen atoms in total. The van der Waals surface area contributed by atoms with Gasteiger partial charge < -0.3 is 5.32 Å². The van der Waals surface area contributed by atoms with Crippen LogP contribution in [0, 0.1) is 17.1 Å². The molecule has 0 unspecified atom stereocenters. The van der Waals surface area contributed by atoms with E-state index in [-0.39, 0.29) is 18.1 Å². The lowest BCUT2D eigenvalue weighted by Crippen LogP contribution is -2.43. The minimum atomic E-state index is -0.403. The topological polar surface area (TPSA) is 52.9 Å². The van der Waals surface area contributed by atoms with E-state index in [1.807, 2.05) is 26.0 Å². The third-order valence-electron chi connectivity index (χ3n) is 2.65. The number of halogens is 1. The van der Waals surface area contributed by atoms with Crippen LogP contribution in [-0.4, -0.2) is 11.4 Å². The van der Waals surface area contributed by atoms with Gasteiger partial charge in [0.1, 0.15) is 12.2 Å². The molecule has 0 heterocycles. The average molecular weight is 248 g/mol. The quantitative estimate of drug-likeness (QED) is 0.870. The Morgan fingerprint density at radius 2 is 2.22 bits per heavy atom. The van der Waals surface area contributed by atoms with Crippen LogP contribution in [0.5, 0.6) is 0 Å². The van der Waals surface area contributed by atoms with Gasteiger partial charge in [-0.3, -0.25) is 4.79 Å². The van der Waals surface area contributed by atoms with E-state index in [9.17, 15) is 9.18 Å². The van der Waals surface area contributed by atoms with Crippen LogP contribution in [0.3, 0.4) is 0 Å². The Hall–Kier alpha value is -1.89. The first-order chi connectivity index (χ1) is 8.43. The lowest BCUT2D eigenvalue weighted by atomic mass is 9.95. The molecule has 0 bridgehead atoms. The lowest BCUT2D eigenvalue weighted by Gasteiger charge is -2.26. The zero-order valence-corrected chi connectivity index (χ0v) is 10.7. The fraction of sp³-hybridized carbons (Fsp3) is 0.429. The highest BCUT2D eigenvalue weighted by atomic mass is 19.1. The first-order valence-electron chi connectivity index (χ1n) is 5.85. The first-order valence-corrected chi connectivity index (χ1v) is 5.85. The van der Waals surface area contributed by atoms with Crippen LogP contribution >= 0.6 is 0 Å². The van der Waals surface area contributed by atoms with Crippen molar-refractivity contribution in [2.75, 3.05) is 0 Å². The molecule has 96 valence electrons. The van der Waals surface area contributed by atoms with Crippen LogP contribution < -0.4 is 5.32 Å². The van der Waals surface area contributed by atoms with Gasteiger partial charge in [-0.25, -0.2) is 4.39 Å². The van der Waals surface area contributed by atoms with Crippen molar-refractivity contribution in [1.29, 1.82) is 5.26 Å². The van der Waals surface area contributed by atoms with E-state index in [2.05, 4.69) is 5.32 Å². The number of nitriles is 1. The Morgan fingerprint density at radius 3 is 2.83 bits per heavy atom. The highest BCUT2D eigenvalue weighted by Crippen LogP contribution is 2.14. The number of hydrogen-bond donors (Lipinski definition) is 1. The molecule has 0 aliphatic rings. The van der Waals surface area contributed by atoms with E-state index < -0.39 is 5.54 Å². The second kappa shape index (κ2) is 6.15. The van der Waals surface area contributed by atoms with E-state index in [0.29, 0.717) is 12.8 Å². The summed E-state index contributed by atoms with van der Waals surface area (Å²) >= 11 is 0. The number of nitrogens with zero attached hydrogens (tertiary/aromatic N) is 1. The van der Waals surface area contributed by atoms with Crippen molar-refractivity contribution in [1.82, 2.24) is 5.32 Å². The van der Waals surface area contributed by atoms with Crippen molar-refractivity contribution in [3.05, 3.63) is 35.6 Å². The third-order valence-corrected chi connectivity index (χ3v) is 2.65. The lowest BCUT2D eigenvalue weighted by molar-refractivity contribution is -0.121. The van der Waals surface area contributed by atoms with E-state index >= 15 is 0 Å². The molecule has 0 saturated carbocycles. The molecule has 0 fully saturated rings. The average Bonchev–Trinajstić information content (AvgIpc) is 2.26. The Morgan fingerprint density at radius 1 is 1.50 bits per heavy atom. The molecule has 1 aromatic carbocycles. The summed E-state index contributed by atoms with van der Waals surface area (Å²) in [6.45, 7) is 3.78. The number of carbonyl (C=O) groups excluding carboxylic acids is 1. The molecule has 4 heteroatoms.